The second kappa shape index (κ2) is 5.09. The molecule has 0 aliphatic carbocycles. The van der Waals surface area contributed by atoms with E-state index in [1.54, 1.807) is 6.92 Å². The van der Waals surface area contributed by atoms with E-state index in [-0.39, 0.29) is 5.75 Å². The van der Waals surface area contributed by atoms with E-state index in [0.29, 0.717) is 11.4 Å². The Morgan fingerprint density at radius 2 is 1.95 bits per heavy atom. The van der Waals surface area contributed by atoms with Crippen LogP contribution in [0.15, 0.2) is 35.7 Å². The number of rotatable bonds is 3. The van der Waals surface area contributed by atoms with Crippen LogP contribution in [-0.2, 0) is 0 Å². The molecule has 0 fully saturated rings. The summed E-state index contributed by atoms with van der Waals surface area (Å²) in [7, 11) is 0. The normalized spacial score (nSPS) is 12.0. The molecule has 1 aromatic carbocycles. The number of aryl methyl sites for hydroxylation is 1. The fourth-order valence-corrected chi connectivity index (χ4v) is 1.29. The monoisotopic (exact) mass is 270 g/mol. The first-order valence-corrected chi connectivity index (χ1v) is 5.21. The van der Waals surface area contributed by atoms with Crippen LogP contribution in [0.2, 0.25) is 0 Å². The summed E-state index contributed by atoms with van der Waals surface area (Å²) in [4.78, 5) is 0. The van der Waals surface area contributed by atoms with E-state index >= 15 is 0 Å². The number of halogens is 3. The first kappa shape index (κ1) is 13.1. The van der Waals surface area contributed by atoms with Crippen LogP contribution in [0.5, 0.6) is 5.75 Å². The van der Waals surface area contributed by atoms with Gasteiger partial charge < -0.3 is 4.74 Å². The molecule has 0 aliphatic rings. The molecule has 19 heavy (non-hydrogen) atoms. The molecular formula is C11H9F3N4O. The molecule has 2 aromatic rings. The molecule has 2 rings (SSSR count). The van der Waals surface area contributed by atoms with Crippen LogP contribution in [0.4, 0.5) is 13.2 Å². The Bertz CT molecular complexity index is 574. The summed E-state index contributed by atoms with van der Waals surface area (Å²) in [6.45, 7) is 1.73. The summed E-state index contributed by atoms with van der Waals surface area (Å²) in [6, 6.07) is 5.36. The van der Waals surface area contributed by atoms with Gasteiger partial charge in [0.2, 0.25) is 0 Å². The molecule has 0 atom stereocenters. The zero-order valence-corrected chi connectivity index (χ0v) is 9.80. The number of hydrogen-bond donors (Lipinski definition) is 0. The third kappa shape index (κ3) is 3.80. The largest absolute Gasteiger partial charge is 0.573 e. The lowest BCUT2D eigenvalue weighted by Crippen LogP contribution is -2.17. The molecule has 0 N–H and O–H groups in total. The molecule has 0 amide bonds. The van der Waals surface area contributed by atoms with Crippen molar-refractivity contribution in [2.75, 3.05) is 0 Å². The van der Waals surface area contributed by atoms with E-state index < -0.39 is 6.36 Å². The summed E-state index contributed by atoms with van der Waals surface area (Å²) in [5, 5.41) is 11.4. The van der Waals surface area contributed by atoms with Crippen LogP contribution < -0.4 is 4.74 Å². The van der Waals surface area contributed by atoms with E-state index in [2.05, 4.69) is 20.0 Å². The van der Waals surface area contributed by atoms with E-state index in [1.807, 2.05) is 0 Å². The third-order valence-electron chi connectivity index (χ3n) is 2.14. The summed E-state index contributed by atoms with van der Waals surface area (Å²) in [6.07, 6.45) is -1.78. The molecule has 0 saturated heterocycles. The molecule has 5 nitrogen and oxygen atoms in total. The molecule has 0 spiro atoms. The summed E-state index contributed by atoms with van der Waals surface area (Å²) < 4.78 is 41.1. The van der Waals surface area contributed by atoms with Crippen molar-refractivity contribution in [3.8, 4) is 5.75 Å². The molecule has 1 aromatic heterocycles. The summed E-state index contributed by atoms with van der Waals surface area (Å²) in [5.41, 5.74) is 0.627. The Hall–Kier alpha value is -2.38. The Kier molecular flexibility index (Phi) is 3.50. The number of benzene rings is 1. The quantitative estimate of drug-likeness (QED) is 0.804. The smallest absolute Gasteiger partial charge is 0.406 e. The van der Waals surface area contributed by atoms with Crippen LogP contribution >= 0.6 is 0 Å². The van der Waals surface area contributed by atoms with Crippen molar-refractivity contribution < 1.29 is 17.9 Å². The number of aromatic nitrogens is 3. The number of hydrogen-bond acceptors (Lipinski definition) is 4. The Morgan fingerprint density at radius 3 is 2.47 bits per heavy atom. The van der Waals surface area contributed by atoms with Gasteiger partial charge in [0.05, 0.1) is 6.21 Å². The van der Waals surface area contributed by atoms with Gasteiger partial charge in [0.25, 0.3) is 0 Å². The predicted octanol–water partition coefficient (Wildman–Crippen LogP) is 2.37. The van der Waals surface area contributed by atoms with Gasteiger partial charge in [-0.05, 0) is 36.8 Å². The Balaban J connectivity index is 2.07. The topological polar surface area (TPSA) is 52.3 Å². The highest BCUT2D eigenvalue weighted by Crippen LogP contribution is 2.22. The third-order valence-corrected chi connectivity index (χ3v) is 2.14. The maximum atomic E-state index is 12.0. The van der Waals surface area contributed by atoms with Gasteiger partial charge >= 0.3 is 6.36 Å². The first-order valence-electron chi connectivity index (χ1n) is 5.21. The molecule has 0 radical (unpaired) electrons. The Labute approximate surface area is 106 Å². The number of alkyl halides is 3. The average Bonchev–Trinajstić information content (AvgIpc) is 2.72. The molecule has 0 bridgehead atoms. The van der Waals surface area contributed by atoms with Gasteiger partial charge in [-0.3, -0.25) is 0 Å². The lowest BCUT2D eigenvalue weighted by molar-refractivity contribution is -0.274. The van der Waals surface area contributed by atoms with Crippen molar-refractivity contribution in [2.45, 2.75) is 13.3 Å². The zero-order valence-electron chi connectivity index (χ0n) is 9.80. The van der Waals surface area contributed by atoms with Crippen LogP contribution in [0, 0.1) is 6.92 Å². The minimum atomic E-state index is -4.69. The van der Waals surface area contributed by atoms with Gasteiger partial charge in [0, 0.05) is 0 Å². The summed E-state index contributed by atoms with van der Waals surface area (Å²) >= 11 is 0. The van der Waals surface area contributed by atoms with Crippen molar-refractivity contribution in [2.24, 2.45) is 5.10 Å². The van der Waals surface area contributed by atoms with E-state index in [0.717, 1.165) is 0 Å². The standard InChI is InChI=1S/C11H9F3N4O/c1-8-17-15-7-18(8)16-6-9-2-4-10(5-3-9)19-11(12,13)14/h2-7H,1H3. The fourth-order valence-electron chi connectivity index (χ4n) is 1.29. The van der Waals surface area contributed by atoms with Gasteiger partial charge in [-0.1, -0.05) is 0 Å². The van der Waals surface area contributed by atoms with Crippen molar-refractivity contribution >= 4 is 6.21 Å². The van der Waals surface area contributed by atoms with E-state index in [1.165, 1.54) is 41.5 Å². The van der Waals surface area contributed by atoms with Gasteiger partial charge in [0.1, 0.15) is 12.1 Å². The highest BCUT2D eigenvalue weighted by atomic mass is 19.4. The highest BCUT2D eigenvalue weighted by Gasteiger charge is 2.30. The van der Waals surface area contributed by atoms with Crippen LogP contribution in [0.1, 0.15) is 11.4 Å². The molecule has 1 heterocycles. The van der Waals surface area contributed by atoms with E-state index in [9.17, 15) is 13.2 Å². The fraction of sp³-hybridized carbons (Fsp3) is 0.182. The van der Waals surface area contributed by atoms with Gasteiger partial charge in [-0.2, -0.15) is 5.10 Å². The molecule has 100 valence electrons. The van der Waals surface area contributed by atoms with E-state index in [4.69, 9.17) is 0 Å². The lowest BCUT2D eigenvalue weighted by Gasteiger charge is -2.08. The average molecular weight is 270 g/mol. The second-order valence-corrected chi connectivity index (χ2v) is 3.58. The predicted molar refractivity (Wildman–Crippen MR) is 60.9 cm³/mol. The number of ether oxygens (including phenoxy) is 1. The van der Waals surface area contributed by atoms with Gasteiger partial charge in [-0.15, -0.1) is 23.4 Å². The second-order valence-electron chi connectivity index (χ2n) is 3.58. The van der Waals surface area contributed by atoms with Gasteiger partial charge in [-0.25, -0.2) is 4.68 Å². The minimum absolute atomic E-state index is 0.273. The van der Waals surface area contributed by atoms with Crippen molar-refractivity contribution in [1.82, 2.24) is 14.9 Å². The van der Waals surface area contributed by atoms with Crippen LogP contribution in [0.3, 0.4) is 0 Å². The highest BCUT2D eigenvalue weighted by molar-refractivity contribution is 5.79. The SMILES string of the molecule is Cc1nncn1N=Cc1ccc(OC(F)(F)F)cc1. The van der Waals surface area contributed by atoms with Gasteiger partial charge in [0.15, 0.2) is 5.82 Å². The first-order chi connectivity index (χ1) is 8.94. The summed E-state index contributed by atoms with van der Waals surface area (Å²) in [5.74, 6) is 0.332. The minimum Gasteiger partial charge on any atom is -0.406 e. The molecule has 8 heteroatoms. The maximum absolute atomic E-state index is 12.0. The molecule has 0 aliphatic heterocycles. The number of nitrogens with zero attached hydrogens (tertiary/aromatic N) is 4. The maximum Gasteiger partial charge on any atom is 0.573 e. The van der Waals surface area contributed by atoms with Crippen LogP contribution in [0.25, 0.3) is 0 Å². The zero-order chi connectivity index (χ0) is 13.9. The van der Waals surface area contributed by atoms with Crippen molar-refractivity contribution in [3.63, 3.8) is 0 Å². The van der Waals surface area contributed by atoms with Crippen molar-refractivity contribution in [1.29, 1.82) is 0 Å². The van der Waals surface area contributed by atoms with Crippen LogP contribution in [-0.4, -0.2) is 27.5 Å². The lowest BCUT2D eigenvalue weighted by atomic mass is 10.2. The Morgan fingerprint density at radius 1 is 1.26 bits per heavy atom. The molecule has 0 saturated carbocycles. The van der Waals surface area contributed by atoms with Crippen molar-refractivity contribution in [3.05, 3.63) is 42.0 Å². The molecular weight excluding hydrogens is 261 g/mol. The molecule has 0 unspecified atom stereocenters.